The van der Waals surface area contributed by atoms with Crippen molar-refractivity contribution >= 4 is 11.8 Å². The van der Waals surface area contributed by atoms with Crippen LogP contribution in [0.3, 0.4) is 0 Å². The summed E-state index contributed by atoms with van der Waals surface area (Å²) < 4.78 is 1.77. The molecule has 3 rings (SSSR count). The Labute approximate surface area is 164 Å². The van der Waals surface area contributed by atoms with Crippen molar-refractivity contribution in [2.45, 2.75) is 32.9 Å². The van der Waals surface area contributed by atoms with E-state index >= 15 is 0 Å². The van der Waals surface area contributed by atoms with Gasteiger partial charge in [0.05, 0.1) is 18.2 Å². The normalized spacial score (nSPS) is 11.6. The van der Waals surface area contributed by atoms with Gasteiger partial charge in [-0.2, -0.15) is 5.10 Å². The van der Waals surface area contributed by atoms with Crippen molar-refractivity contribution in [3.05, 3.63) is 83.7 Å². The summed E-state index contributed by atoms with van der Waals surface area (Å²) >= 11 is 0. The number of aryl methyl sites for hydroxylation is 1. The maximum atomic E-state index is 12.6. The monoisotopic (exact) mass is 376 g/mol. The summed E-state index contributed by atoms with van der Waals surface area (Å²) in [6.07, 6.45) is 3.76. The molecule has 3 aromatic rings. The molecule has 1 aromatic heterocycles. The van der Waals surface area contributed by atoms with Crippen molar-refractivity contribution in [2.75, 3.05) is 0 Å². The van der Waals surface area contributed by atoms with Crippen LogP contribution >= 0.6 is 0 Å². The smallest absolute Gasteiger partial charge is 0.222 e. The van der Waals surface area contributed by atoms with Crippen molar-refractivity contribution < 1.29 is 9.59 Å². The second-order valence-electron chi connectivity index (χ2n) is 6.72. The molecule has 0 fully saturated rings. The summed E-state index contributed by atoms with van der Waals surface area (Å²) in [7, 11) is 0. The molecule has 0 spiro atoms. The van der Waals surface area contributed by atoms with Crippen molar-refractivity contribution in [3.63, 3.8) is 0 Å². The molecule has 6 nitrogen and oxygen atoms in total. The van der Waals surface area contributed by atoms with Crippen molar-refractivity contribution in [1.29, 1.82) is 0 Å². The molecule has 28 heavy (non-hydrogen) atoms. The standard InChI is InChI=1S/C22H24N4O2/c1-16-8-10-18(11-9-16)20(25-17(2)27)14-22(28)23-15-19-6-3-4-7-21(19)26-13-5-12-24-26/h3-13,20H,14-15H2,1-2H3,(H,23,28)(H,25,27). The van der Waals surface area contributed by atoms with Gasteiger partial charge in [-0.15, -0.1) is 0 Å². The van der Waals surface area contributed by atoms with Gasteiger partial charge in [0.2, 0.25) is 11.8 Å². The van der Waals surface area contributed by atoms with Gasteiger partial charge in [0.15, 0.2) is 0 Å². The van der Waals surface area contributed by atoms with Crippen LogP contribution in [-0.4, -0.2) is 21.6 Å². The average molecular weight is 376 g/mol. The Kier molecular flexibility index (Phi) is 6.22. The molecule has 144 valence electrons. The lowest BCUT2D eigenvalue weighted by molar-refractivity contribution is -0.122. The van der Waals surface area contributed by atoms with E-state index in [9.17, 15) is 9.59 Å². The van der Waals surface area contributed by atoms with Crippen LogP contribution in [0.2, 0.25) is 0 Å². The molecule has 0 aliphatic rings. The van der Waals surface area contributed by atoms with Gasteiger partial charge >= 0.3 is 0 Å². The van der Waals surface area contributed by atoms with E-state index in [0.717, 1.165) is 22.4 Å². The minimum absolute atomic E-state index is 0.130. The Balaban J connectivity index is 1.67. The van der Waals surface area contributed by atoms with Crippen LogP contribution in [0, 0.1) is 6.92 Å². The zero-order chi connectivity index (χ0) is 19.9. The minimum atomic E-state index is -0.362. The lowest BCUT2D eigenvalue weighted by Crippen LogP contribution is -2.32. The summed E-state index contributed by atoms with van der Waals surface area (Å²) in [6, 6.07) is 17.1. The van der Waals surface area contributed by atoms with Gasteiger partial charge in [0.1, 0.15) is 0 Å². The number of carbonyl (C=O) groups is 2. The zero-order valence-electron chi connectivity index (χ0n) is 16.1. The first kappa shape index (κ1) is 19.4. The van der Waals surface area contributed by atoms with Crippen LogP contribution in [-0.2, 0) is 16.1 Å². The highest BCUT2D eigenvalue weighted by atomic mass is 16.2. The Morgan fingerprint density at radius 1 is 1.07 bits per heavy atom. The molecule has 6 heteroatoms. The highest BCUT2D eigenvalue weighted by molar-refractivity contribution is 5.79. The largest absolute Gasteiger partial charge is 0.352 e. The first-order valence-electron chi connectivity index (χ1n) is 9.21. The molecule has 0 bridgehead atoms. The van der Waals surface area contributed by atoms with Crippen LogP contribution in [0.1, 0.15) is 36.1 Å². The van der Waals surface area contributed by atoms with Gasteiger partial charge < -0.3 is 10.6 Å². The van der Waals surface area contributed by atoms with E-state index in [0.29, 0.717) is 6.54 Å². The van der Waals surface area contributed by atoms with Gasteiger partial charge in [0, 0.05) is 25.9 Å². The second-order valence-corrected chi connectivity index (χ2v) is 6.72. The maximum absolute atomic E-state index is 12.6. The van der Waals surface area contributed by atoms with Crippen molar-refractivity contribution in [2.24, 2.45) is 0 Å². The number of nitrogens with one attached hydrogen (secondary N) is 2. The number of hydrogen-bond donors (Lipinski definition) is 2. The number of para-hydroxylation sites is 1. The van der Waals surface area contributed by atoms with E-state index in [1.807, 2.05) is 67.7 Å². The molecular weight excluding hydrogens is 352 g/mol. The lowest BCUT2D eigenvalue weighted by atomic mass is 10.0. The number of benzene rings is 2. The highest BCUT2D eigenvalue weighted by Gasteiger charge is 2.17. The zero-order valence-corrected chi connectivity index (χ0v) is 16.1. The molecule has 1 unspecified atom stereocenters. The van der Waals surface area contributed by atoms with E-state index < -0.39 is 0 Å². The maximum Gasteiger partial charge on any atom is 0.222 e. The molecule has 1 heterocycles. The van der Waals surface area contributed by atoms with Crippen molar-refractivity contribution in [3.8, 4) is 5.69 Å². The van der Waals surface area contributed by atoms with Crippen LogP contribution < -0.4 is 10.6 Å². The van der Waals surface area contributed by atoms with E-state index in [1.54, 1.807) is 10.9 Å². The molecule has 2 aromatic carbocycles. The summed E-state index contributed by atoms with van der Waals surface area (Å²) in [6.45, 7) is 3.84. The summed E-state index contributed by atoms with van der Waals surface area (Å²) in [5.74, 6) is -0.294. The third kappa shape index (κ3) is 5.07. The van der Waals surface area contributed by atoms with Gasteiger partial charge in [-0.3, -0.25) is 9.59 Å². The lowest BCUT2D eigenvalue weighted by Gasteiger charge is -2.19. The fourth-order valence-electron chi connectivity index (χ4n) is 3.04. The highest BCUT2D eigenvalue weighted by Crippen LogP contribution is 2.18. The Bertz CT molecular complexity index is 933. The van der Waals surface area contributed by atoms with E-state index in [2.05, 4.69) is 15.7 Å². The fourth-order valence-corrected chi connectivity index (χ4v) is 3.04. The Morgan fingerprint density at radius 2 is 1.82 bits per heavy atom. The Morgan fingerprint density at radius 3 is 2.50 bits per heavy atom. The molecule has 0 aliphatic carbocycles. The molecule has 2 amide bonds. The predicted octanol–water partition coefficient (Wildman–Crippen LogP) is 3.06. The Hall–Kier alpha value is -3.41. The van der Waals surface area contributed by atoms with E-state index in [4.69, 9.17) is 0 Å². The van der Waals surface area contributed by atoms with Gasteiger partial charge in [-0.25, -0.2) is 4.68 Å². The molecule has 0 saturated carbocycles. The van der Waals surface area contributed by atoms with Crippen LogP contribution in [0.5, 0.6) is 0 Å². The van der Waals surface area contributed by atoms with Crippen LogP contribution in [0.15, 0.2) is 67.0 Å². The quantitative estimate of drug-likeness (QED) is 0.665. The first-order valence-corrected chi connectivity index (χ1v) is 9.21. The molecule has 0 saturated heterocycles. The number of nitrogens with zero attached hydrogens (tertiary/aromatic N) is 2. The first-order chi connectivity index (χ1) is 13.5. The molecule has 2 N–H and O–H groups in total. The van der Waals surface area contributed by atoms with Crippen molar-refractivity contribution in [1.82, 2.24) is 20.4 Å². The molecule has 0 aliphatic heterocycles. The third-order valence-corrected chi connectivity index (χ3v) is 4.47. The average Bonchev–Trinajstić information content (AvgIpc) is 3.21. The topological polar surface area (TPSA) is 76.0 Å². The fraction of sp³-hybridized carbons (Fsp3) is 0.227. The summed E-state index contributed by atoms with van der Waals surface area (Å²) in [4.78, 5) is 24.1. The molecule has 0 radical (unpaired) electrons. The van der Waals surface area contributed by atoms with Gasteiger partial charge in [0.25, 0.3) is 0 Å². The van der Waals surface area contributed by atoms with Gasteiger partial charge in [-0.1, -0.05) is 48.0 Å². The number of rotatable bonds is 7. The SMILES string of the molecule is CC(=O)NC(CC(=O)NCc1ccccc1-n1cccn1)c1ccc(C)cc1. The van der Waals surface area contributed by atoms with Crippen LogP contribution in [0.4, 0.5) is 0 Å². The summed E-state index contributed by atoms with van der Waals surface area (Å²) in [5, 5.41) is 10.1. The second kappa shape index (κ2) is 8.99. The molecule has 1 atom stereocenters. The molecular formula is C22H24N4O2. The third-order valence-electron chi connectivity index (χ3n) is 4.47. The minimum Gasteiger partial charge on any atom is -0.352 e. The number of aromatic nitrogens is 2. The predicted molar refractivity (Wildman–Crippen MR) is 108 cm³/mol. The van der Waals surface area contributed by atoms with E-state index in [1.165, 1.54) is 6.92 Å². The number of amides is 2. The summed E-state index contributed by atoms with van der Waals surface area (Å²) in [5.41, 5.74) is 3.92. The number of carbonyl (C=O) groups excluding carboxylic acids is 2. The van der Waals surface area contributed by atoms with E-state index in [-0.39, 0.29) is 24.3 Å². The van der Waals surface area contributed by atoms with Gasteiger partial charge in [-0.05, 0) is 30.2 Å². The van der Waals surface area contributed by atoms with Crippen LogP contribution in [0.25, 0.3) is 5.69 Å². The number of hydrogen-bond acceptors (Lipinski definition) is 3.